The average molecular weight is 506 g/mol. The van der Waals surface area contributed by atoms with Crippen LogP contribution in [0.5, 0.6) is 0 Å². The number of hydrogen-bond donors (Lipinski definition) is 2. The lowest BCUT2D eigenvalue weighted by Gasteiger charge is -2.39. The molecule has 5 rings (SSSR count). The molecule has 2 saturated heterocycles. The maximum atomic E-state index is 13.1. The Labute approximate surface area is 217 Å². The van der Waals surface area contributed by atoms with Gasteiger partial charge < -0.3 is 24.8 Å². The Hall–Kier alpha value is -3.59. The molecule has 2 N–H and O–H groups in total. The molecule has 1 saturated carbocycles. The van der Waals surface area contributed by atoms with Gasteiger partial charge in [0.2, 0.25) is 5.91 Å². The van der Waals surface area contributed by atoms with Crippen molar-refractivity contribution in [1.29, 1.82) is 0 Å². The molecular formula is C28H35N5O4. The number of anilines is 2. The van der Waals surface area contributed by atoms with Crippen LogP contribution in [0.2, 0.25) is 0 Å². The fourth-order valence-corrected chi connectivity index (χ4v) is 5.05. The zero-order chi connectivity index (χ0) is 25.6. The van der Waals surface area contributed by atoms with Crippen LogP contribution in [0.3, 0.4) is 0 Å². The summed E-state index contributed by atoms with van der Waals surface area (Å²) in [5.74, 6) is 0.411. The van der Waals surface area contributed by atoms with Crippen molar-refractivity contribution >= 4 is 29.3 Å². The first kappa shape index (κ1) is 25.1. The molecule has 0 bridgehead atoms. The first-order valence-corrected chi connectivity index (χ1v) is 13.2. The molecule has 2 aliphatic heterocycles. The molecule has 3 aliphatic rings. The number of carbonyl (C=O) groups is 3. The van der Waals surface area contributed by atoms with Crippen LogP contribution < -0.4 is 15.5 Å². The van der Waals surface area contributed by atoms with Gasteiger partial charge in [0.25, 0.3) is 5.91 Å². The lowest BCUT2D eigenvalue weighted by molar-refractivity contribution is -0.138. The van der Waals surface area contributed by atoms with Crippen LogP contribution >= 0.6 is 0 Å². The third kappa shape index (κ3) is 6.05. The van der Waals surface area contributed by atoms with E-state index in [0.29, 0.717) is 50.5 Å². The van der Waals surface area contributed by atoms with Crippen molar-refractivity contribution in [2.75, 3.05) is 62.6 Å². The van der Waals surface area contributed by atoms with Gasteiger partial charge in [-0.05, 0) is 36.6 Å². The number of amides is 3. The third-order valence-corrected chi connectivity index (χ3v) is 7.48. The predicted octanol–water partition coefficient (Wildman–Crippen LogP) is 2.93. The van der Waals surface area contributed by atoms with Crippen molar-refractivity contribution in [3.8, 4) is 0 Å². The molecule has 2 aromatic rings. The molecule has 0 atom stereocenters. The van der Waals surface area contributed by atoms with Crippen molar-refractivity contribution in [2.45, 2.75) is 25.9 Å². The van der Waals surface area contributed by atoms with E-state index in [1.807, 2.05) is 52.3 Å². The molecule has 1 aliphatic carbocycles. The number of hydrogen-bond acceptors (Lipinski definition) is 6. The van der Waals surface area contributed by atoms with E-state index < -0.39 is 6.09 Å². The molecule has 0 radical (unpaired) electrons. The van der Waals surface area contributed by atoms with Gasteiger partial charge in [0, 0.05) is 63.8 Å². The fraction of sp³-hybridized carbons (Fsp3) is 0.464. The molecule has 0 aromatic heterocycles. The van der Waals surface area contributed by atoms with E-state index in [2.05, 4.69) is 15.5 Å². The summed E-state index contributed by atoms with van der Waals surface area (Å²) in [7, 11) is 0. The van der Waals surface area contributed by atoms with Crippen LogP contribution in [0.25, 0.3) is 0 Å². The zero-order valence-electron chi connectivity index (χ0n) is 21.2. The highest BCUT2D eigenvalue weighted by molar-refractivity contribution is 5.98. The second-order valence-corrected chi connectivity index (χ2v) is 9.90. The van der Waals surface area contributed by atoms with Crippen LogP contribution in [0.4, 0.5) is 16.2 Å². The molecule has 2 aromatic carbocycles. The highest BCUT2D eigenvalue weighted by atomic mass is 16.5. The number of piperazine rings is 2. The Morgan fingerprint density at radius 2 is 1.62 bits per heavy atom. The van der Waals surface area contributed by atoms with Crippen molar-refractivity contribution < 1.29 is 19.1 Å². The molecule has 2 heterocycles. The summed E-state index contributed by atoms with van der Waals surface area (Å²) in [6.07, 6.45) is 2.57. The maximum absolute atomic E-state index is 13.1. The Balaban J connectivity index is 1.30. The molecule has 37 heavy (non-hydrogen) atoms. The Bertz CT molecular complexity index is 1110. The summed E-state index contributed by atoms with van der Waals surface area (Å²) >= 11 is 0. The monoisotopic (exact) mass is 505 g/mol. The van der Waals surface area contributed by atoms with Gasteiger partial charge in [-0.2, -0.15) is 0 Å². The van der Waals surface area contributed by atoms with Gasteiger partial charge in [0.15, 0.2) is 0 Å². The van der Waals surface area contributed by atoms with Crippen molar-refractivity contribution in [2.24, 2.45) is 5.92 Å². The van der Waals surface area contributed by atoms with Crippen LogP contribution in [-0.4, -0.2) is 80.1 Å². The van der Waals surface area contributed by atoms with E-state index in [9.17, 15) is 14.4 Å². The third-order valence-electron chi connectivity index (χ3n) is 7.48. The standard InChI is InChI=1S/C28H35N5O4/c34-26(22-7-4-8-22)33-17-15-31(16-18-33)25-10-9-23(27(35)32-13-11-29-12-14-32)19-24(25)30-28(36)37-20-21-5-2-1-3-6-21/h1-3,5-6,9-10,19,22,29H,4,7-8,11-18,20H2,(H,30,36). The predicted molar refractivity (Wildman–Crippen MR) is 142 cm³/mol. The van der Waals surface area contributed by atoms with Crippen LogP contribution in [0, 0.1) is 5.92 Å². The minimum atomic E-state index is -0.573. The number of ether oxygens (including phenoxy) is 1. The van der Waals surface area contributed by atoms with Gasteiger partial charge in [-0.15, -0.1) is 0 Å². The average Bonchev–Trinajstić information content (AvgIpc) is 2.92. The lowest BCUT2D eigenvalue weighted by atomic mass is 9.84. The highest BCUT2D eigenvalue weighted by Crippen LogP contribution is 2.31. The molecule has 196 valence electrons. The van der Waals surface area contributed by atoms with Gasteiger partial charge in [0.1, 0.15) is 6.61 Å². The summed E-state index contributed by atoms with van der Waals surface area (Å²) in [6.45, 7) is 5.62. The quantitative estimate of drug-likeness (QED) is 0.627. The van der Waals surface area contributed by atoms with Crippen molar-refractivity contribution in [1.82, 2.24) is 15.1 Å². The summed E-state index contributed by atoms with van der Waals surface area (Å²) < 4.78 is 5.46. The van der Waals surface area contributed by atoms with Gasteiger partial charge in [-0.3, -0.25) is 14.9 Å². The topological polar surface area (TPSA) is 94.2 Å². The number of benzene rings is 2. The number of nitrogens with one attached hydrogen (secondary N) is 2. The molecule has 9 heteroatoms. The van der Waals surface area contributed by atoms with E-state index >= 15 is 0 Å². The summed E-state index contributed by atoms with van der Waals surface area (Å²) in [4.78, 5) is 44.5. The number of carbonyl (C=O) groups excluding carboxylic acids is 3. The number of rotatable bonds is 6. The fourth-order valence-electron chi connectivity index (χ4n) is 5.05. The smallest absolute Gasteiger partial charge is 0.412 e. The molecule has 3 fully saturated rings. The Kier molecular flexibility index (Phi) is 7.89. The first-order chi connectivity index (χ1) is 18.1. The van der Waals surface area contributed by atoms with Gasteiger partial charge in [-0.1, -0.05) is 36.8 Å². The van der Waals surface area contributed by atoms with E-state index in [0.717, 1.165) is 43.6 Å². The number of nitrogens with zero attached hydrogens (tertiary/aromatic N) is 3. The van der Waals surface area contributed by atoms with Crippen molar-refractivity contribution in [3.63, 3.8) is 0 Å². The lowest BCUT2D eigenvalue weighted by Crippen LogP contribution is -2.51. The van der Waals surface area contributed by atoms with E-state index in [1.165, 1.54) is 0 Å². The van der Waals surface area contributed by atoms with Gasteiger partial charge >= 0.3 is 6.09 Å². The molecular weight excluding hydrogens is 470 g/mol. The molecule has 3 amide bonds. The second kappa shape index (κ2) is 11.6. The van der Waals surface area contributed by atoms with Gasteiger partial charge in [0.05, 0.1) is 11.4 Å². The summed E-state index contributed by atoms with van der Waals surface area (Å²) in [6, 6.07) is 15.0. The van der Waals surface area contributed by atoms with E-state index in [-0.39, 0.29) is 24.3 Å². The van der Waals surface area contributed by atoms with E-state index in [1.54, 1.807) is 6.07 Å². The Morgan fingerprint density at radius 3 is 2.30 bits per heavy atom. The second-order valence-electron chi connectivity index (χ2n) is 9.90. The zero-order valence-corrected chi connectivity index (χ0v) is 21.2. The van der Waals surface area contributed by atoms with Crippen LogP contribution in [-0.2, 0) is 16.1 Å². The molecule has 9 nitrogen and oxygen atoms in total. The minimum absolute atomic E-state index is 0.0512. The SMILES string of the molecule is O=C(Nc1cc(C(=O)N2CCNCC2)ccc1N1CCN(C(=O)C2CCC2)CC1)OCc1ccccc1. The maximum Gasteiger partial charge on any atom is 0.412 e. The minimum Gasteiger partial charge on any atom is -0.444 e. The molecule has 0 unspecified atom stereocenters. The molecule has 0 spiro atoms. The normalized spacial score (nSPS) is 18.2. The summed E-state index contributed by atoms with van der Waals surface area (Å²) in [5.41, 5.74) is 2.79. The van der Waals surface area contributed by atoms with Crippen LogP contribution in [0.15, 0.2) is 48.5 Å². The van der Waals surface area contributed by atoms with Crippen molar-refractivity contribution in [3.05, 3.63) is 59.7 Å². The Morgan fingerprint density at radius 1 is 0.892 bits per heavy atom. The van der Waals surface area contributed by atoms with Gasteiger partial charge in [-0.25, -0.2) is 4.79 Å². The first-order valence-electron chi connectivity index (χ1n) is 13.2. The van der Waals surface area contributed by atoms with Crippen LogP contribution in [0.1, 0.15) is 35.2 Å². The van der Waals surface area contributed by atoms with E-state index in [4.69, 9.17) is 4.74 Å². The summed E-state index contributed by atoms with van der Waals surface area (Å²) in [5, 5.41) is 6.14. The highest BCUT2D eigenvalue weighted by Gasteiger charge is 2.32. The largest absolute Gasteiger partial charge is 0.444 e.